The predicted molar refractivity (Wildman–Crippen MR) is 82.1 cm³/mol. The van der Waals surface area contributed by atoms with Crippen molar-refractivity contribution in [2.24, 2.45) is 5.92 Å². The Morgan fingerprint density at radius 2 is 1.74 bits per heavy atom. The van der Waals surface area contributed by atoms with Gasteiger partial charge in [-0.15, -0.1) is 0 Å². The fourth-order valence-electron chi connectivity index (χ4n) is 2.78. The molecule has 3 rings (SSSR count). The minimum Gasteiger partial charge on any atom is -0.326 e. The molecule has 2 atom stereocenters. The van der Waals surface area contributed by atoms with Crippen LogP contribution in [0.2, 0.25) is 0 Å². The van der Waals surface area contributed by atoms with Crippen LogP contribution in [0.15, 0.2) is 48.5 Å². The minimum absolute atomic E-state index is 0.212. The second-order valence-electron chi connectivity index (χ2n) is 5.89. The first-order chi connectivity index (χ1) is 10.9. The molecular weight excluding hydrogens is 303 g/mol. The van der Waals surface area contributed by atoms with Gasteiger partial charge in [-0.2, -0.15) is 13.2 Å². The molecule has 0 spiro atoms. The maximum absolute atomic E-state index is 13.0. The summed E-state index contributed by atoms with van der Waals surface area (Å²) in [6.45, 7) is 1.94. The molecule has 5 heteroatoms. The van der Waals surface area contributed by atoms with E-state index in [4.69, 9.17) is 0 Å². The lowest BCUT2D eigenvalue weighted by molar-refractivity contribution is -0.138. The van der Waals surface area contributed by atoms with Crippen molar-refractivity contribution in [3.63, 3.8) is 0 Å². The second kappa shape index (κ2) is 5.72. The number of alkyl halides is 3. The lowest BCUT2D eigenvalue weighted by Gasteiger charge is -2.12. The van der Waals surface area contributed by atoms with Gasteiger partial charge >= 0.3 is 6.18 Å². The van der Waals surface area contributed by atoms with E-state index in [1.165, 1.54) is 12.1 Å². The smallest absolute Gasteiger partial charge is 0.326 e. The number of carbonyl (C=O) groups is 1. The number of aryl methyl sites for hydroxylation is 1. The van der Waals surface area contributed by atoms with Gasteiger partial charge in [-0.3, -0.25) is 4.79 Å². The van der Waals surface area contributed by atoms with Crippen molar-refractivity contribution >= 4 is 11.6 Å². The Labute approximate surface area is 132 Å². The van der Waals surface area contributed by atoms with Crippen LogP contribution in [0.3, 0.4) is 0 Å². The van der Waals surface area contributed by atoms with E-state index < -0.39 is 17.7 Å². The Balaban J connectivity index is 1.72. The van der Waals surface area contributed by atoms with Gasteiger partial charge in [-0.25, -0.2) is 0 Å². The monoisotopic (exact) mass is 319 g/mol. The van der Waals surface area contributed by atoms with E-state index in [0.29, 0.717) is 12.1 Å². The number of anilines is 1. The Morgan fingerprint density at radius 3 is 2.39 bits per heavy atom. The molecule has 1 fully saturated rings. The average Bonchev–Trinajstić information content (AvgIpc) is 3.29. The van der Waals surface area contributed by atoms with E-state index in [2.05, 4.69) is 5.32 Å². The quantitative estimate of drug-likeness (QED) is 0.868. The second-order valence-corrected chi connectivity index (χ2v) is 5.89. The zero-order valence-corrected chi connectivity index (χ0v) is 12.5. The number of halogens is 3. The lowest BCUT2D eigenvalue weighted by Crippen LogP contribution is -2.15. The number of carbonyl (C=O) groups excluding carboxylic acids is 1. The third kappa shape index (κ3) is 3.38. The molecule has 1 aliphatic carbocycles. The Bertz CT molecular complexity index is 722. The first-order valence-corrected chi connectivity index (χ1v) is 7.40. The lowest BCUT2D eigenvalue weighted by atomic mass is 10.0. The van der Waals surface area contributed by atoms with Crippen LogP contribution in [0.5, 0.6) is 0 Å². The van der Waals surface area contributed by atoms with Crippen molar-refractivity contribution in [2.75, 3.05) is 5.32 Å². The van der Waals surface area contributed by atoms with Crippen molar-refractivity contribution in [1.29, 1.82) is 0 Å². The number of benzene rings is 2. The highest BCUT2D eigenvalue weighted by Crippen LogP contribution is 2.51. The normalized spacial score (nSPS) is 20.2. The summed E-state index contributed by atoms with van der Waals surface area (Å²) >= 11 is 0. The summed E-state index contributed by atoms with van der Waals surface area (Å²) in [5.74, 6) is -0.992. The van der Waals surface area contributed by atoms with Crippen LogP contribution in [-0.4, -0.2) is 5.91 Å². The molecule has 120 valence electrons. The molecule has 2 aromatic rings. The first-order valence-electron chi connectivity index (χ1n) is 7.40. The molecule has 0 aromatic heterocycles. The number of amides is 1. The summed E-state index contributed by atoms with van der Waals surface area (Å²) in [6.07, 6.45) is -3.94. The van der Waals surface area contributed by atoms with Gasteiger partial charge in [-0.05, 0) is 43.0 Å². The number of hydrogen-bond donors (Lipinski definition) is 1. The van der Waals surface area contributed by atoms with Gasteiger partial charge in [0.1, 0.15) is 0 Å². The SMILES string of the molecule is Cc1ccc(NC(=O)C2CC2c2ccccc2C(F)(F)F)cc1. The van der Waals surface area contributed by atoms with Gasteiger partial charge in [0, 0.05) is 11.6 Å². The third-order valence-corrected chi connectivity index (χ3v) is 4.11. The van der Waals surface area contributed by atoms with Crippen LogP contribution in [0.1, 0.15) is 29.0 Å². The Kier molecular flexibility index (Phi) is 3.88. The molecular formula is C18H16F3NO. The van der Waals surface area contributed by atoms with Gasteiger partial charge in [-0.1, -0.05) is 35.9 Å². The van der Waals surface area contributed by atoms with Crippen molar-refractivity contribution in [2.45, 2.75) is 25.4 Å². The number of hydrogen-bond acceptors (Lipinski definition) is 1. The molecule has 1 N–H and O–H groups in total. The fourth-order valence-corrected chi connectivity index (χ4v) is 2.78. The molecule has 2 unspecified atom stereocenters. The number of rotatable bonds is 3. The van der Waals surface area contributed by atoms with Crippen molar-refractivity contribution in [3.05, 3.63) is 65.2 Å². The molecule has 0 aliphatic heterocycles. The topological polar surface area (TPSA) is 29.1 Å². The zero-order valence-electron chi connectivity index (χ0n) is 12.5. The van der Waals surface area contributed by atoms with Crippen LogP contribution in [-0.2, 0) is 11.0 Å². The molecule has 1 saturated carbocycles. The standard InChI is InChI=1S/C18H16F3NO/c1-11-6-8-12(9-7-11)22-17(23)15-10-14(15)13-4-2-3-5-16(13)18(19,20)21/h2-9,14-15H,10H2,1H3,(H,22,23). The zero-order chi connectivity index (χ0) is 16.6. The van der Waals surface area contributed by atoms with Gasteiger partial charge in [0.05, 0.1) is 5.56 Å². The number of nitrogens with one attached hydrogen (secondary N) is 1. The molecule has 0 bridgehead atoms. The van der Waals surface area contributed by atoms with E-state index in [1.54, 1.807) is 18.2 Å². The molecule has 1 amide bonds. The molecule has 2 aromatic carbocycles. The highest BCUT2D eigenvalue weighted by atomic mass is 19.4. The van der Waals surface area contributed by atoms with E-state index in [1.807, 2.05) is 19.1 Å². The summed E-state index contributed by atoms with van der Waals surface area (Å²) in [6, 6.07) is 12.8. The maximum Gasteiger partial charge on any atom is 0.416 e. The maximum atomic E-state index is 13.0. The van der Waals surface area contributed by atoms with Crippen LogP contribution in [0, 0.1) is 12.8 Å². The van der Waals surface area contributed by atoms with Crippen LogP contribution in [0.4, 0.5) is 18.9 Å². The van der Waals surface area contributed by atoms with E-state index in [9.17, 15) is 18.0 Å². The third-order valence-electron chi connectivity index (χ3n) is 4.11. The molecule has 0 radical (unpaired) electrons. The summed E-state index contributed by atoms with van der Waals surface area (Å²) in [5, 5.41) is 2.77. The van der Waals surface area contributed by atoms with E-state index in [-0.39, 0.29) is 17.4 Å². The largest absolute Gasteiger partial charge is 0.416 e. The van der Waals surface area contributed by atoms with Gasteiger partial charge in [0.2, 0.25) is 5.91 Å². The molecule has 23 heavy (non-hydrogen) atoms. The fraction of sp³-hybridized carbons (Fsp3) is 0.278. The Hall–Kier alpha value is -2.30. The van der Waals surface area contributed by atoms with Crippen molar-refractivity contribution < 1.29 is 18.0 Å². The van der Waals surface area contributed by atoms with Crippen molar-refractivity contribution in [3.8, 4) is 0 Å². The average molecular weight is 319 g/mol. The summed E-state index contributed by atoms with van der Waals surface area (Å²) in [4.78, 5) is 12.2. The summed E-state index contributed by atoms with van der Waals surface area (Å²) in [5.41, 5.74) is 1.31. The predicted octanol–water partition coefficient (Wildman–Crippen LogP) is 4.76. The van der Waals surface area contributed by atoms with Gasteiger partial charge in [0.25, 0.3) is 0 Å². The summed E-state index contributed by atoms with van der Waals surface area (Å²) < 4.78 is 39.1. The molecule has 0 heterocycles. The van der Waals surface area contributed by atoms with Crippen LogP contribution >= 0.6 is 0 Å². The van der Waals surface area contributed by atoms with Crippen LogP contribution in [0.25, 0.3) is 0 Å². The van der Waals surface area contributed by atoms with Gasteiger partial charge < -0.3 is 5.32 Å². The van der Waals surface area contributed by atoms with E-state index >= 15 is 0 Å². The highest BCUT2D eigenvalue weighted by molar-refractivity contribution is 5.95. The van der Waals surface area contributed by atoms with Crippen LogP contribution < -0.4 is 5.32 Å². The summed E-state index contributed by atoms with van der Waals surface area (Å²) in [7, 11) is 0. The van der Waals surface area contributed by atoms with Gasteiger partial charge in [0.15, 0.2) is 0 Å². The highest BCUT2D eigenvalue weighted by Gasteiger charge is 2.47. The molecule has 1 aliphatic rings. The first kappa shape index (κ1) is 15.6. The Morgan fingerprint density at radius 1 is 1.09 bits per heavy atom. The molecule has 2 nitrogen and oxygen atoms in total. The van der Waals surface area contributed by atoms with E-state index in [0.717, 1.165) is 11.6 Å². The molecule has 0 saturated heterocycles. The minimum atomic E-state index is -4.39. The van der Waals surface area contributed by atoms with Crippen molar-refractivity contribution in [1.82, 2.24) is 0 Å².